The minimum Gasteiger partial charge on any atom is -0.493 e. The molecule has 0 bridgehead atoms. The molecule has 1 unspecified atom stereocenters. The third-order valence-electron chi connectivity index (χ3n) is 4.01. The fraction of sp³-hybridized carbons (Fsp3) is 0.300. The Morgan fingerprint density at radius 3 is 2.37 bits per heavy atom. The number of carbonyl (C=O) groups is 2. The SMILES string of the molecule is COc1ccc(NC(=O)NC(CCC(=O)O)Cc2ccccc2)cc1OC. The number of anilines is 1. The summed E-state index contributed by atoms with van der Waals surface area (Å²) in [6.45, 7) is 0. The average molecular weight is 372 g/mol. The number of rotatable bonds is 9. The number of ether oxygens (including phenoxy) is 2. The molecule has 0 saturated carbocycles. The number of hydrogen-bond donors (Lipinski definition) is 3. The monoisotopic (exact) mass is 372 g/mol. The Labute approximate surface area is 158 Å². The largest absolute Gasteiger partial charge is 0.493 e. The Morgan fingerprint density at radius 2 is 1.74 bits per heavy atom. The quantitative estimate of drug-likeness (QED) is 0.627. The molecule has 7 heteroatoms. The van der Waals surface area contributed by atoms with E-state index in [1.54, 1.807) is 18.2 Å². The number of aliphatic carboxylic acids is 1. The maximum absolute atomic E-state index is 12.4. The average Bonchev–Trinajstić information content (AvgIpc) is 2.66. The van der Waals surface area contributed by atoms with Crippen LogP contribution in [0.4, 0.5) is 10.5 Å². The van der Waals surface area contributed by atoms with Crippen molar-refractivity contribution in [2.45, 2.75) is 25.3 Å². The van der Waals surface area contributed by atoms with Gasteiger partial charge in [0.1, 0.15) is 0 Å². The fourth-order valence-electron chi connectivity index (χ4n) is 2.69. The van der Waals surface area contributed by atoms with Crippen molar-refractivity contribution in [1.29, 1.82) is 0 Å². The third kappa shape index (κ3) is 6.54. The Hall–Kier alpha value is -3.22. The van der Waals surface area contributed by atoms with E-state index in [-0.39, 0.29) is 12.5 Å². The molecule has 7 nitrogen and oxygen atoms in total. The van der Waals surface area contributed by atoms with Gasteiger partial charge in [0.25, 0.3) is 0 Å². The van der Waals surface area contributed by atoms with E-state index in [1.165, 1.54) is 14.2 Å². The third-order valence-corrected chi connectivity index (χ3v) is 4.01. The predicted octanol–water partition coefficient (Wildman–Crippen LogP) is 3.30. The highest BCUT2D eigenvalue weighted by molar-refractivity contribution is 5.89. The van der Waals surface area contributed by atoms with Crippen molar-refractivity contribution < 1.29 is 24.2 Å². The summed E-state index contributed by atoms with van der Waals surface area (Å²) >= 11 is 0. The number of nitrogens with one attached hydrogen (secondary N) is 2. The van der Waals surface area contributed by atoms with E-state index >= 15 is 0 Å². The Bertz CT molecular complexity index is 764. The topological polar surface area (TPSA) is 96.9 Å². The first-order chi connectivity index (χ1) is 13.0. The van der Waals surface area contributed by atoms with Gasteiger partial charge in [-0.2, -0.15) is 0 Å². The van der Waals surface area contributed by atoms with Gasteiger partial charge in [0.15, 0.2) is 11.5 Å². The molecule has 0 aromatic heterocycles. The zero-order valence-corrected chi connectivity index (χ0v) is 15.4. The van der Waals surface area contributed by atoms with Gasteiger partial charge in [0.2, 0.25) is 0 Å². The molecule has 2 aromatic rings. The number of hydrogen-bond acceptors (Lipinski definition) is 4. The van der Waals surface area contributed by atoms with Crippen molar-refractivity contribution in [3.8, 4) is 11.5 Å². The second-order valence-corrected chi connectivity index (χ2v) is 5.99. The van der Waals surface area contributed by atoms with Crippen molar-refractivity contribution >= 4 is 17.7 Å². The first-order valence-corrected chi connectivity index (χ1v) is 8.57. The van der Waals surface area contributed by atoms with Crippen LogP contribution in [0.2, 0.25) is 0 Å². The minimum atomic E-state index is -0.893. The Morgan fingerprint density at radius 1 is 1.04 bits per heavy atom. The van der Waals surface area contributed by atoms with Gasteiger partial charge in [-0.1, -0.05) is 30.3 Å². The van der Waals surface area contributed by atoms with E-state index in [0.29, 0.717) is 30.0 Å². The van der Waals surface area contributed by atoms with Gasteiger partial charge in [-0.25, -0.2) is 4.79 Å². The van der Waals surface area contributed by atoms with Crippen LogP contribution >= 0.6 is 0 Å². The Balaban J connectivity index is 2.02. The summed E-state index contributed by atoms with van der Waals surface area (Å²) < 4.78 is 10.4. The Kier molecular flexibility index (Phi) is 7.49. The van der Waals surface area contributed by atoms with Gasteiger partial charge < -0.3 is 25.2 Å². The second kappa shape index (κ2) is 10.1. The summed E-state index contributed by atoms with van der Waals surface area (Å²) in [5.41, 5.74) is 1.57. The molecule has 2 rings (SSSR count). The summed E-state index contributed by atoms with van der Waals surface area (Å²) in [5.74, 6) is 0.170. The highest BCUT2D eigenvalue weighted by Crippen LogP contribution is 2.29. The summed E-state index contributed by atoms with van der Waals surface area (Å²) in [5, 5.41) is 14.5. The van der Waals surface area contributed by atoms with Crippen molar-refractivity contribution in [2.24, 2.45) is 0 Å². The molecular formula is C20H24N2O5. The summed E-state index contributed by atoms with van der Waals surface area (Å²) in [7, 11) is 3.05. The number of benzene rings is 2. The predicted molar refractivity (Wildman–Crippen MR) is 103 cm³/mol. The molecule has 3 N–H and O–H groups in total. The van der Waals surface area contributed by atoms with Crippen molar-refractivity contribution in [2.75, 3.05) is 19.5 Å². The molecule has 0 aliphatic rings. The lowest BCUT2D eigenvalue weighted by Gasteiger charge is -2.19. The van der Waals surface area contributed by atoms with E-state index in [2.05, 4.69) is 10.6 Å². The zero-order valence-electron chi connectivity index (χ0n) is 15.4. The smallest absolute Gasteiger partial charge is 0.319 e. The van der Waals surface area contributed by atoms with Crippen LogP contribution in [0.15, 0.2) is 48.5 Å². The number of amides is 2. The molecule has 0 heterocycles. The standard InChI is InChI=1S/C20H24N2O5/c1-26-17-10-8-16(13-18(17)27-2)22-20(25)21-15(9-11-19(23)24)12-14-6-4-3-5-7-14/h3-8,10,13,15H,9,11-12H2,1-2H3,(H,23,24)(H2,21,22,25). The van der Waals surface area contributed by atoms with E-state index < -0.39 is 12.0 Å². The van der Waals surface area contributed by atoms with E-state index in [1.807, 2.05) is 30.3 Å². The van der Waals surface area contributed by atoms with Gasteiger partial charge in [-0.3, -0.25) is 4.79 Å². The van der Waals surface area contributed by atoms with Crippen LogP contribution in [-0.4, -0.2) is 37.4 Å². The minimum absolute atomic E-state index is 0.0197. The number of carbonyl (C=O) groups excluding carboxylic acids is 1. The number of carboxylic acids is 1. The van der Waals surface area contributed by atoms with Crippen LogP contribution in [0, 0.1) is 0 Å². The van der Waals surface area contributed by atoms with Crippen LogP contribution in [0.5, 0.6) is 11.5 Å². The number of urea groups is 1. The van der Waals surface area contributed by atoms with E-state index in [4.69, 9.17) is 14.6 Å². The second-order valence-electron chi connectivity index (χ2n) is 5.99. The molecule has 0 radical (unpaired) electrons. The van der Waals surface area contributed by atoms with Crippen LogP contribution in [0.25, 0.3) is 0 Å². The lowest BCUT2D eigenvalue weighted by atomic mass is 10.0. The fourth-order valence-corrected chi connectivity index (χ4v) is 2.69. The van der Waals surface area contributed by atoms with Crippen molar-refractivity contribution in [3.05, 3.63) is 54.1 Å². The molecule has 0 aliphatic heterocycles. The summed E-state index contributed by atoms with van der Waals surface area (Å²) in [6, 6.07) is 14.0. The van der Waals surface area contributed by atoms with Gasteiger partial charge in [0, 0.05) is 24.2 Å². The molecule has 0 fully saturated rings. The van der Waals surface area contributed by atoms with Gasteiger partial charge in [-0.05, 0) is 30.5 Å². The first kappa shape index (κ1) is 20.1. The van der Waals surface area contributed by atoms with Crippen molar-refractivity contribution in [3.63, 3.8) is 0 Å². The number of methoxy groups -OCH3 is 2. The van der Waals surface area contributed by atoms with Gasteiger partial charge >= 0.3 is 12.0 Å². The molecule has 0 spiro atoms. The first-order valence-electron chi connectivity index (χ1n) is 8.57. The molecule has 144 valence electrons. The molecule has 2 amide bonds. The molecular weight excluding hydrogens is 348 g/mol. The summed E-state index contributed by atoms with van der Waals surface area (Å²) in [6.07, 6.45) is 0.866. The van der Waals surface area contributed by atoms with E-state index in [9.17, 15) is 9.59 Å². The van der Waals surface area contributed by atoms with Gasteiger partial charge in [0.05, 0.1) is 14.2 Å². The highest BCUT2D eigenvalue weighted by atomic mass is 16.5. The molecule has 2 aromatic carbocycles. The van der Waals surface area contributed by atoms with Crippen LogP contribution in [0.3, 0.4) is 0 Å². The van der Waals surface area contributed by atoms with Gasteiger partial charge in [-0.15, -0.1) is 0 Å². The van der Waals surface area contributed by atoms with Crippen LogP contribution in [0.1, 0.15) is 18.4 Å². The van der Waals surface area contributed by atoms with E-state index in [0.717, 1.165) is 5.56 Å². The highest BCUT2D eigenvalue weighted by Gasteiger charge is 2.15. The lowest BCUT2D eigenvalue weighted by Crippen LogP contribution is -2.39. The maximum Gasteiger partial charge on any atom is 0.319 e. The maximum atomic E-state index is 12.4. The van der Waals surface area contributed by atoms with Crippen LogP contribution < -0.4 is 20.1 Å². The molecule has 0 aliphatic carbocycles. The zero-order chi connectivity index (χ0) is 19.6. The normalized spacial score (nSPS) is 11.3. The lowest BCUT2D eigenvalue weighted by molar-refractivity contribution is -0.137. The summed E-state index contributed by atoms with van der Waals surface area (Å²) in [4.78, 5) is 23.3. The molecule has 0 saturated heterocycles. The molecule has 1 atom stereocenters. The van der Waals surface area contributed by atoms with Crippen LogP contribution in [-0.2, 0) is 11.2 Å². The number of carboxylic acid groups (broad SMARTS) is 1. The molecule has 27 heavy (non-hydrogen) atoms. The van der Waals surface area contributed by atoms with Crippen molar-refractivity contribution in [1.82, 2.24) is 5.32 Å².